The van der Waals surface area contributed by atoms with Crippen LogP contribution in [0.1, 0.15) is 6.93 Å². The van der Waals surface area contributed by atoms with Crippen LogP contribution in [-0.2, 0) is 0 Å². The zero-order valence-electron chi connectivity index (χ0n) is 6.88. The molecule has 2 aliphatic heterocycles. The van der Waals surface area contributed by atoms with Gasteiger partial charge >= 0.3 is 5.63 Å². The van der Waals surface area contributed by atoms with E-state index in [0.29, 0.717) is 11.1 Å². The van der Waals surface area contributed by atoms with Crippen molar-refractivity contribution in [1.29, 1.82) is 0 Å². The summed E-state index contributed by atoms with van der Waals surface area (Å²) in [6.07, 6.45) is 1.25. The van der Waals surface area contributed by atoms with Gasteiger partial charge in [-0.15, -0.1) is 0 Å². The van der Waals surface area contributed by atoms with Crippen LogP contribution in [0.5, 0.6) is 0 Å². The zero-order valence-corrected chi connectivity index (χ0v) is 5.88. The van der Waals surface area contributed by atoms with Crippen LogP contribution in [0, 0.1) is 6.92 Å². The van der Waals surface area contributed by atoms with Crippen LogP contribution in [0.4, 0.5) is 0 Å². The minimum atomic E-state index is -0.403. The van der Waals surface area contributed by atoms with Crippen LogP contribution in [0.25, 0.3) is 11.3 Å². The lowest BCUT2D eigenvalue weighted by atomic mass is 10.2. The fourth-order valence-corrected chi connectivity index (χ4v) is 0.971. The number of fused-ring (bicyclic) bond motifs is 1. The SMILES string of the molecule is [3H]c1occc2c(C)c(=O)oc1-2. The van der Waals surface area contributed by atoms with Gasteiger partial charge in [-0.1, -0.05) is 0 Å². The lowest BCUT2D eigenvalue weighted by molar-refractivity contribution is 0.493. The Morgan fingerprint density at radius 1 is 1.64 bits per heavy atom. The summed E-state index contributed by atoms with van der Waals surface area (Å²) in [5, 5.41) is 0. The van der Waals surface area contributed by atoms with Crippen LogP contribution in [0.15, 0.2) is 32.2 Å². The second kappa shape index (κ2) is 1.99. The molecule has 0 atom stereocenters. The maximum absolute atomic E-state index is 11.0. The highest BCUT2D eigenvalue weighted by Crippen LogP contribution is 2.22. The van der Waals surface area contributed by atoms with Gasteiger partial charge < -0.3 is 8.83 Å². The fraction of sp³-hybridized carbons (Fsp3) is 0.125. The highest BCUT2D eigenvalue weighted by Gasteiger charge is 2.12. The third-order valence-corrected chi connectivity index (χ3v) is 1.60. The molecule has 0 fully saturated rings. The number of hydrogen-bond donors (Lipinski definition) is 0. The van der Waals surface area contributed by atoms with E-state index in [1.165, 1.54) is 6.26 Å². The van der Waals surface area contributed by atoms with Gasteiger partial charge in [0.2, 0.25) is 0 Å². The maximum atomic E-state index is 11.0. The summed E-state index contributed by atoms with van der Waals surface area (Å²) in [4.78, 5) is 11.0. The molecule has 3 nitrogen and oxygen atoms in total. The molecule has 0 unspecified atom stereocenters. The smallest absolute Gasteiger partial charge is 0.339 e. The van der Waals surface area contributed by atoms with Crippen LogP contribution in [0.3, 0.4) is 0 Å². The molecule has 0 aromatic carbocycles. The van der Waals surface area contributed by atoms with E-state index in [-0.39, 0.29) is 12.0 Å². The van der Waals surface area contributed by atoms with Crippen molar-refractivity contribution in [3.05, 3.63) is 34.6 Å². The van der Waals surface area contributed by atoms with Crippen LogP contribution in [0.2, 0.25) is 0 Å². The lowest BCUT2D eigenvalue weighted by Crippen LogP contribution is -1.93. The number of hydrogen-bond acceptors (Lipinski definition) is 3. The molecule has 0 amide bonds. The van der Waals surface area contributed by atoms with Gasteiger partial charge in [0.05, 0.1) is 6.26 Å². The average Bonchev–Trinajstić information content (AvgIpc) is 2.32. The van der Waals surface area contributed by atoms with E-state index in [4.69, 9.17) is 10.2 Å². The minimum Gasteiger partial charge on any atom is -0.469 e. The van der Waals surface area contributed by atoms with Crippen molar-refractivity contribution in [3.8, 4) is 11.3 Å². The number of rotatable bonds is 0. The van der Waals surface area contributed by atoms with Crippen molar-refractivity contribution in [1.82, 2.24) is 0 Å². The van der Waals surface area contributed by atoms with E-state index >= 15 is 0 Å². The third-order valence-electron chi connectivity index (χ3n) is 1.60. The predicted molar refractivity (Wildman–Crippen MR) is 38.6 cm³/mol. The molecule has 0 bridgehead atoms. The molecule has 56 valence electrons. The van der Waals surface area contributed by atoms with E-state index in [0.717, 1.165) is 0 Å². The summed E-state index contributed by atoms with van der Waals surface area (Å²) in [6.45, 7) is 1.66. The Balaban J connectivity index is 2.92. The highest BCUT2D eigenvalue weighted by molar-refractivity contribution is 5.60. The molecular weight excluding hydrogens is 144 g/mol. The van der Waals surface area contributed by atoms with Crippen molar-refractivity contribution in [2.75, 3.05) is 0 Å². The summed E-state index contributed by atoms with van der Waals surface area (Å²) in [5.41, 5.74) is 0.769. The first-order valence-electron chi connectivity index (χ1n) is 3.67. The minimum absolute atomic E-state index is 0.113. The topological polar surface area (TPSA) is 43.4 Å². The molecule has 0 aromatic heterocycles. The quantitative estimate of drug-likeness (QED) is 0.576. The first-order chi connectivity index (χ1) is 5.70. The normalized spacial score (nSPS) is 11.9. The Morgan fingerprint density at radius 2 is 2.45 bits per heavy atom. The van der Waals surface area contributed by atoms with Crippen molar-refractivity contribution in [2.45, 2.75) is 6.92 Å². The summed E-state index contributed by atoms with van der Waals surface area (Å²) < 4.78 is 16.8. The lowest BCUT2D eigenvalue weighted by Gasteiger charge is -1.91. The summed E-state index contributed by atoms with van der Waals surface area (Å²) in [7, 11) is 0. The number of furan rings is 1. The van der Waals surface area contributed by atoms with Crippen molar-refractivity contribution >= 4 is 0 Å². The second-order valence-electron chi connectivity index (χ2n) is 2.28. The Hall–Kier alpha value is -1.51. The first kappa shape index (κ1) is 5.18. The van der Waals surface area contributed by atoms with Crippen molar-refractivity contribution in [2.24, 2.45) is 0 Å². The van der Waals surface area contributed by atoms with E-state index in [1.807, 2.05) is 0 Å². The molecule has 2 heterocycles. The summed E-state index contributed by atoms with van der Waals surface area (Å²) in [6, 6.07) is 1.62. The van der Waals surface area contributed by atoms with Gasteiger partial charge in [0.25, 0.3) is 0 Å². The molecule has 3 heteroatoms. The largest absolute Gasteiger partial charge is 0.469 e. The monoisotopic (exact) mass is 152 g/mol. The summed E-state index contributed by atoms with van der Waals surface area (Å²) >= 11 is 0. The average molecular weight is 152 g/mol. The molecule has 2 rings (SSSR count). The molecule has 0 saturated heterocycles. The van der Waals surface area contributed by atoms with E-state index in [9.17, 15) is 4.79 Å². The molecule has 0 saturated carbocycles. The van der Waals surface area contributed by atoms with Crippen LogP contribution >= 0.6 is 0 Å². The third kappa shape index (κ3) is 0.774. The predicted octanol–water partition coefficient (Wildman–Crippen LogP) is 1.65. The Kier molecular flexibility index (Phi) is 0.935. The molecule has 0 radical (unpaired) electrons. The Bertz CT molecular complexity index is 440. The van der Waals surface area contributed by atoms with Gasteiger partial charge in [0.15, 0.2) is 5.76 Å². The molecule has 0 aromatic rings. The molecule has 2 aliphatic rings. The molecular formula is C8H6O3. The molecule has 11 heavy (non-hydrogen) atoms. The van der Waals surface area contributed by atoms with Gasteiger partial charge in [-0.05, 0) is 13.0 Å². The van der Waals surface area contributed by atoms with E-state index in [2.05, 4.69) is 0 Å². The van der Waals surface area contributed by atoms with Gasteiger partial charge in [-0.2, -0.15) is 0 Å². The molecule has 0 aliphatic carbocycles. The van der Waals surface area contributed by atoms with Gasteiger partial charge in [-0.3, -0.25) is 0 Å². The summed E-state index contributed by atoms with van der Waals surface area (Å²) in [5.74, 6) is 0.222. The van der Waals surface area contributed by atoms with Gasteiger partial charge in [-0.25, -0.2) is 4.79 Å². The molecule has 0 N–H and O–H groups in total. The van der Waals surface area contributed by atoms with E-state index < -0.39 is 5.63 Å². The standard InChI is InChI=1S/C8H6O3/c1-5-6-2-3-10-4-7(6)11-8(5)9/h2-4H,1H3/i4T. The maximum Gasteiger partial charge on any atom is 0.339 e. The van der Waals surface area contributed by atoms with Gasteiger partial charge in [0.1, 0.15) is 7.61 Å². The van der Waals surface area contributed by atoms with Crippen molar-refractivity contribution < 1.29 is 10.2 Å². The van der Waals surface area contributed by atoms with Gasteiger partial charge in [0, 0.05) is 11.1 Å². The molecule has 0 spiro atoms. The Labute approximate surface area is 64.0 Å². The zero-order chi connectivity index (χ0) is 8.72. The first-order valence-corrected chi connectivity index (χ1v) is 3.17. The highest BCUT2D eigenvalue weighted by atomic mass is 16.4. The van der Waals surface area contributed by atoms with Crippen molar-refractivity contribution in [3.63, 3.8) is 0 Å². The Morgan fingerprint density at radius 3 is 3.18 bits per heavy atom. The van der Waals surface area contributed by atoms with E-state index in [1.54, 1.807) is 13.0 Å². The van der Waals surface area contributed by atoms with Crippen LogP contribution in [-0.4, -0.2) is 0 Å². The fourth-order valence-electron chi connectivity index (χ4n) is 0.971. The van der Waals surface area contributed by atoms with Crippen LogP contribution < -0.4 is 5.63 Å². The second-order valence-corrected chi connectivity index (χ2v) is 2.28.